The van der Waals surface area contributed by atoms with Crippen molar-refractivity contribution in [2.75, 3.05) is 0 Å². The summed E-state index contributed by atoms with van der Waals surface area (Å²) >= 11 is 0. The van der Waals surface area contributed by atoms with Gasteiger partial charge in [-0.1, -0.05) is 30.3 Å². The fourth-order valence-electron chi connectivity index (χ4n) is 2.74. The summed E-state index contributed by atoms with van der Waals surface area (Å²) in [7, 11) is -0.812. The molecule has 0 spiro atoms. The lowest BCUT2D eigenvalue weighted by Gasteiger charge is -2.32. The molecule has 1 heterocycles. The lowest BCUT2D eigenvalue weighted by Crippen LogP contribution is -2.41. The first kappa shape index (κ1) is 17.6. The molecular weight excluding hydrogens is 322 g/mol. The van der Waals surface area contributed by atoms with E-state index in [2.05, 4.69) is 0 Å². The molecule has 6 heteroatoms. The standard InChI is InChI=1S/C19H20BFO4/c1-18(2)19(3,4)25-20(24-18)15-10-6-9-14(16(15)21)12-7-5-8-13(11-12)17(22)23/h5-11H,1-4H3,(H,22,23). The summed E-state index contributed by atoms with van der Waals surface area (Å²) in [6.45, 7) is 7.63. The number of carbonyl (C=O) groups is 1. The maximum atomic E-state index is 15.1. The Morgan fingerprint density at radius 2 is 1.64 bits per heavy atom. The first-order valence-corrected chi connectivity index (χ1v) is 8.10. The molecule has 0 atom stereocenters. The second kappa shape index (κ2) is 5.97. The Morgan fingerprint density at radius 3 is 2.24 bits per heavy atom. The predicted octanol–water partition coefficient (Wildman–Crippen LogP) is 3.49. The van der Waals surface area contributed by atoms with Crippen molar-refractivity contribution in [3.05, 3.63) is 53.8 Å². The van der Waals surface area contributed by atoms with Gasteiger partial charge in [0.2, 0.25) is 0 Å². The number of hydrogen-bond donors (Lipinski definition) is 1. The van der Waals surface area contributed by atoms with Gasteiger partial charge in [0.15, 0.2) is 0 Å². The Kier molecular flexibility index (Phi) is 4.21. The van der Waals surface area contributed by atoms with Crippen molar-refractivity contribution in [2.45, 2.75) is 38.9 Å². The van der Waals surface area contributed by atoms with Crippen molar-refractivity contribution >= 4 is 18.6 Å². The van der Waals surface area contributed by atoms with Crippen LogP contribution in [0.15, 0.2) is 42.5 Å². The lowest BCUT2D eigenvalue weighted by atomic mass is 9.77. The fraction of sp³-hybridized carbons (Fsp3) is 0.316. The molecule has 3 rings (SSSR count). The van der Waals surface area contributed by atoms with Gasteiger partial charge in [0.05, 0.1) is 16.8 Å². The number of hydrogen-bond acceptors (Lipinski definition) is 3. The van der Waals surface area contributed by atoms with Crippen LogP contribution in [-0.2, 0) is 9.31 Å². The van der Waals surface area contributed by atoms with Crippen LogP contribution in [0.2, 0.25) is 0 Å². The maximum absolute atomic E-state index is 15.1. The topological polar surface area (TPSA) is 55.8 Å². The molecule has 130 valence electrons. The van der Waals surface area contributed by atoms with E-state index >= 15 is 4.39 Å². The molecule has 2 aromatic rings. The molecule has 0 unspecified atom stereocenters. The summed E-state index contributed by atoms with van der Waals surface area (Å²) < 4.78 is 27.0. The van der Waals surface area contributed by atoms with E-state index in [1.54, 1.807) is 30.3 Å². The largest absolute Gasteiger partial charge is 0.497 e. The van der Waals surface area contributed by atoms with E-state index in [1.165, 1.54) is 12.1 Å². The fourth-order valence-corrected chi connectivity index (χ4v) is 2.74. The maximum Gasteiger partial charge on any atom is 0.497 e. The number of aromatic carboxylic acids is 1. The minimum Gasteiger partial charge on any atom is -0.478 e. The molecule has 0 bridgehead atoms. The van der Waals surface area contributed by atoms with Gasteiger partial charge in [-0.25, -0.2) is 9.18 Å². The van der Waals surface area contributed by atoms with Crippen LogP contribution in [0.4, 0.5) is 4.39 Å². The second-order valence-corrected chi connectivity index (χ2v) is 7.18. The highest BCUT2D eigenvalue weighted by Gasteiger charge is 2.52. The number of benzene rings is 2. The number of halogens is 1. The van der Waals surface area contributed by atoms with Gasteiger partial charge >= 0.3 is 13.1 Å². The molecule has 1 aliphatic rings. The zero-order valence-electron chi connectivity index (χ0n) is 14.7. The Morgan fingerprint density at radius 1 is 1.04 bits per heavy atom. The van der Waals surface area contributed by atoms with Crippen molar-refractivity contribution in [3.63, 3.8) is 0 Å². The molecule has 0 aromatic heterocycles. The summed E-state index contributed by atoms with van der Waals surface area (Å²) in [6.07, 6.45) is 0. The van der Waals surface area contributed by atoms with Crippen molar-refractivity contribution in [1.82, 2.24) is 0 Å². The van der Waals surface area contributed by atoms with Crippen molar-refractivity contribution in [3.8, 4) is 11.1 Å². The summed E-state index contributed by atoms with van der Waals surface area (Å²) in [5.41, 5.74) is 0.0908. The summed E-state index contributed by atoms with van der Waals surface area (Å²) in [6, 6.07) is 11.2. The first-order valence-electron chi connectivity index (χ1n) is 8.10. The monoisotopic (exact) mass is 342 g/mol. The lowest BCUT2D eigenvalue weighted by molar-refractivity contribution is 0.00578. The van der Waals surface area contributed by atoms with Crippen molar-refractivity contribution in [2.24, 2.45) is 0 Å². The van der Waals surface area contributed by atoms with Gasteiger partial charge in [0, 0.05) is 11.0 Å². The average molecular weight is 342 g/mol. The van der Waals surface area contributed by atoms with Crippen LogP contribution in [0, 0.1) is 5.82 Å². The molecule has 0 aliphatic carbocycles. The third-order valence-electron chi connectivity index (χ3n) is 4.96. The Hall–Kier alpha value is -2.18. The highest BCUT2D eigenvalue weighted by Crippen LogP contribution is 2.37. The number of carboxylic acid groups (broad SMARTS) is 1. The van der Waals surface area contributed by atoms with E-state index in [4.69, 9.17) is 14.4 Å². The molecule has 4 nitrogen and oxygen atoms in total. The van der Waals surface area contributed by atoms with E-state index in [0.717, 1.165) is 0 Å². The SMILES string of the molecule is CC1(C)OB(c2cccc(-c3cccc(C(=O)O)c3)c2F)OC1(C)C. The zero-order chi connectivity index (χ0) is 18.4. The minimum absolute atomic E-state index is 0.109. The van der Waals surface area contributed by atoms with Gasteiger partial charge in [-0.3, -0.25) is 0 Å². The van der Waals surface area contributed by atoms with Crippen LogP contribution < -0.4 is 5.46 Å². The zero-order valence-corrected chi connectivity index (χ0v) is 14.7. The Bertz CT molecular complexity index is 816. The van der Waals surface area contributed by atoms with E-state index < -0.39 is 30.1 Å². The van der Waals surface area contributed by atoms with Gasteiger partial charge in [0.25, 0.3) is 0 Å². The summed E-state index contributed by atoms with van der Waals surface area (Å²) in [5.74, 6) is -1.52. The van der Waals surface area contributed by atoms with E-state index in [0.29, 0.717) is 16.6 Å². The third kappa shape index (κ3) is 3.07. The van der Waals surface area contributed by atoms with Gasteiger partial charge in [-0.2, -0.15) is 0 Å². The average Bonchev–Trinajstić information content (AvgIpc) is 2.75. The van der Waals surface area contributed by atoms with E-state index in [1.807, 2.05) is 27.7 Å². The molecule has 25 heavy (non-hydrogen) atoms. The molecule has 1 saturated heterocycles. The smallest absolute Gasteiger partial charge is 0.478 e. The highest BCUT2D eigenvalue weighted by molar-refractivity contribution is 6.62. The quantitative estimate of drug-likeness (QED) is 0.868. The van der Waals surface area contributed by atoms with Crippen LogP contribution in [0.3, 0.4) is 0 Å². The van der Waals surface area contributed by atoms with Crippen LogP contribution in [0.25, 0.3) is 11.1 Å². The molecule has 1 N–H and O–H groups in total. The Labute approximate surface area is 146 Å². The Balaban J connectivity index is 2.02. The molecule has 0 amide bonds. The van der Waals surface area contributed by atoms with Crippen molar-refractivity contribution in [1.29, 1.82) is 0 Å². The van der Waals surface area contributed by atoms with Crippen LogP contribution in [0.5, 0.6) is 0 Å². The molecule has 1 fully saturated rings. The first-order chi connectivity index (χ1) is 11.6. The van der Waals surface area contributed by atoms with Gasteiger partial charge in [-0.05, 0) is 45.4 Å². The molecule has 1 aliphatic heterocycles. The normalized spacial score (nSPS) is 18.4. The van der Waals surface area contributed by atoms with Crippen LogP contribution in [0.1, 0.15) is 38.1 Å². The molecular formula is C19H20BFO4. The number of carboxylic acids is 1. The van der Waals surface area contributed by atoms with Crippen molar-refractivity contribution < 1.29 is 23.6 Å². The summed E-state index contributed by atoms with van der Waals surface area (Å²) in [5, 5.41) is 9.13. The minimum atomic E-state index is -1.05. The van der Waals surface area contributed by atoms with Crippen LogP contribution >= 0.6 is 0 Å². The van der Waals surface area contributed by atoms with Gasteiger partial charge in [0.1, 0.15) is 5.82 Å². The van der Waals surface area contributed by atoms with E-state index in [-0.39, 0.29) is 5.56 Å². The van der Waals surface area contributed by atoms with Gasteiger partial charge < -0.3 is 14.4 Å². The molecule has 0 radical (unpaired) electrons. The highest BCUT2D eigenvalue weighted by atomic mass is 19.1. The van der Waals surface area contributed by atoms with Crippen LogP contribution in [-0.4, -0.2) is 29.4 Å². The second-order valence-electron chi connectivity index (χ2n) is 7.18. The van der Waals surface area contributed by atoms with Gasteiger partial charge in [-0.15, -0.1) is 0 Å². The molecule has 2 aromatic carbocycles. The number of rotatable bonds is 3. The summed E-state index contributed by atoms with van der Waals surface area (Å²) in [4.78, 5) is 11.2. The third-order valence-corrected chi connectivity index (χ3v) is 4.96. The predicted molar refractivity (Wildman–Crippen MR) is 94.5 cm³/mol. The molecule has 0 saturated carbocycles. The van der Waals surface area contributed by atoms with E-state index in [9.17, 15) is 4.79 Å².